The molecule has 0 aliphatic carbocycles. The molecule has 0 fully saturated rings. The average molecular weight is 473 g/mol. The summed E-state index contributed by atoms with van der Waals surface area (Å²) in [7, 11) is -2.11. The van der Waals surface area contributed by atoms with Gasteiger partial charge in [0.1, 0.15) is 12.4 Å². The van der Waals surface area contributed by atoms with Gasteiger partial charge in [-0.05, 0) is 67.4 Å². The van der Waals surface area contributed by atoms with E-state index < -0.39 is 10.0 Å². The predicted octanol–water partition coefficient (Wildman–Crippen LogP) is 4.91. The van der Waals surface area contributed by atoms with Gasteiger partial charge in [0.25, 0.3) is 15.9 Å². The highest BCUT2D eigenvalue weighted by Crippen LogP contribution is 2.24. The molecule has 0 aliphatic rings. The number of likely N-dealkylation sites (N-methyl/N-ethyl adjacent to an activating group) is 1. The average Bonchev–Trinajstić information content (AvgIpc) is 2.77. The van der Waals surface area contributed by atoms with Gasteiger partial charge in [0.15, 0.2) is 0 Å². The number of hydrogen-bond acceptors (Lipinski definition) is 4. The number of halogens is 1. The van der Waals surface area contributed by atoms with Crippen LogP contribution in [0.2, 0.25) is 5.02 Å². The molecule has 0 aromatic heterocycles. The zero-order chi connectivity index (χ0) is 23.3. The Bertz CT molecular complexity index is 1210. The second kappa shape index (κ2) is 10.1. The quantitative estimate of drug-likeness (QED) is 0.505. The molecule has 1 amide bonds. The van der Waals surface area contributed by atoms with Gasteiger partial charge < -0.3 is 9.64 Å². The lowest BCUT2D eigenvalue weighted by molar-refractivity contribution is 0.0773. The fourth-order valence-electron chi connectivity index (χ4n) is 3.02. The molecule has 1 N–H and O–H groups in total. The van der Waals surface area contributed by atoms with Crippen LogP contribution in [-0.4, -0.2) is 39.4 Å². The molecule has 0 radical (unpaired) electrons. The Balaban J connectivity index is 1.63. The van der Waals surface area contributed by atoms with Crippen LogP contribution >= 0.6 is 11.6 Å². The summed E-state index contributed by atoms with van der Waals surface area (Å²) in [6.45, 7) is 4.40. The van der Waals surface area contributed by atoms with Gasteiger partial charge in [0, 0.05) is 12.6 Å². The summed E-state index contributed by atoms with van der Waals surface area (Å²) in [5.41, 5.74) is 2.77. The molecule has 3 aromatic carbocycles. The lowest BCUT2D eigenvalue weighted by Gasteiger charge is -2.18. The molecule has 0 spiro atoms. The molecule has 0 unspecified atom stereocenters. The van der Waals surface area contributed by atoms with Crippen LogP contribution in [0.4, 0.5) is 5.69 Å². The number of amides is 1. The highest BCUT2D eigenvalue weighted by Gasteiger charge is 2.18. The molecule has 0 bridgehead atoms. The van der Waals surface area contributed by atoms with Gasteiger partial charge in [0.2, 0.25) is 0 Å². The topological polar surface area (TPSA) is 75.7 Å². The molecule has 168 valence electrons. The fraction of sp³-hybridized carbons (Fsp3) is 0.208. The molecule has 6 nitrogen and oxygen atoms in total. The van der Waals surface area contributed by atoms with Gasteiger partial charge in [-0.15, -0.1) is 0 Å². The van der Waals surface area contributed by atoms with Crippen molar-refractivity contribution in [1.82, 2.24) is 4.90 Å². The zero-order valence-corrected chi connectivity index (χ0v) is 19.7. The lowest BCUT2D eigenvalue weighted by Crippen LogP contribution is -2.30. The number of carbonyl (C=O) groups excluding carboxylic acids is 1. The molecule has 32 heavy (non-hydrogen) atoms. The summed E-state index contributed by atoms with van der Waals surface area (Å²) in [6.07, 6.45) is 0. The van der Waals surface area contributed by atoms with E-state index in [1.54, 1.807) is 31.3 Å². The van der Waals surface area contributed by atoms with Crippen molar-refractivity contribution < 1.29 is 17.9 Å². The van der Waals surface area contributed by atoms with Crippen LogP contribution in [0.25, 0.3) is 0 Å². The Hall–Kier alpha value is -3.03. The highest BCUT2D eigenvalue weighted by molar-refractivity contribution is 7.92. The minimum atomic E-state index is -3.77. The third-order valence-corrected chi connectivity index (χ3v) is 6.82. The van der Waals surface area contributed by atoms with Crippen molar-refractivity contribution in [2.45, 2.75) is 18.7 Å². The van der Waals surface area contributed by atoms with Gasteiger partial charge in [-0.1, -0.05) is 35.9 Å². The maximum absolute atomic E-state index is 12.7. The monoisotopic (exact) mass is 472 g/mol. The Labute approximate surface area is 193 Å². The number of aryl methyl sites for hydroxylation is 1. The van der Waals surface area contributed by atoms with E-state index >= 15 is 0 Å². The van der Waals surface area contributed by atoms with Crippen molar-refractivity contribution in [2.24, 2.45) is 0 Å². The number of ether oxygens (including phenoxy) is 1. The number of sulfonamides is 1. The SMILES string of the molecule is Cc1cccc(NS(=O)(=O)c2ccc(C(=O)N(C)CCOc3ccccc3Cl)cc2)c1C. The first-order chi connectivity index (χ1) is 15.2. The maximum Gasteiger partial charge on any atom is 0.261 e. The number of rotatable bonds is 8. The van der Waals surface area contributed by atoms with Crippen molar-refractivity contribution in [1.29, 1.82) is 0 Å². The fourth-order valence-corrected chi connectivity index (χ4v) is 4.33. The van der Waals surface area contributed by atoms with E-state index in [1.165, 1.54) is 29.2 Å². The number of para-hydroxylation sites is 1. The largest absolute Gasteiger partial charge is 0.490 e. The number of hydrogen-bond donors (Lipinski definition) is 1. The van der Waals surface area contributed by atoms with E-state index in [4.69, 9.17) is 16.3 Å². The molecule has 0 atom stereocenters. The summed E-state index contributed by atoms with van der Waals surface area (Å²) < 4.78 is 33.7. The standard InChI is InChI=1S/C24H25ClN2O4S/c1-17-7-6-9-22(18(17)2)26-32(29,30)20-13-11-19(12-14-20)24(28)27(3)15-16-31-23-10-5-4-8-21(23)25/h4-14,26H,15-16H2,1-3H3. The highest BCUT2D eigenvalue weighted by atomic mass is 35.5. The van der Waals surface area contributed by atoms with Crippen molar-refractivity contribution >= 4 is 33.2 Å². The Morgan fingerprint density at radius 3 is 2.38 bits per heavy atom. The van der Waals surface area contributed by atoms with Crippen molar-refractivity contribution in [2.75, 3.05) is 24.9 Å². The normalized spacial score (nSPS) is 11.1. The van der Waals surface area contributed by atoms with Crippen molar-refractivity contribution in [3.05, 3.63) is 88.4 Å². The van der Waals surface area contributed by atoms with Crippen LogP contribution in [0.3, 0.4) is 0 Å². The number of anilines is 1. The number of nitrogens with one attached hydrogen (secondary N) is 1. The number of benzene rings is 3. The Morgan fingerprint density at radius 1 is 1.00 bits per heavy atom. The predicted molar refractivity (Wildman–Crippen MR) is 127 cm³/mol. The maximum atomic E-state index is 12.7. The van der Waals surface area contributed by atoms with Crippen molar-refractivity contribution in [3.63, 3.8) is 0 Å². The van der Waals surface area contributed by atoms with Gasteiger partial charge in [-0.2, -0.15) is 0 Å². The van der Waals surface area contributed by atoms with Crippen LogP contribution in [0, 0.1) is 13.8 Å². The third kappa shape index (κ3) is 5.60. The van der Waals surface area contributed by atoms with E-state index in [0.29, 0.717) is 28.6 Å². The molecular weight excluding hydrogens is 448 g/mol. The van der Waals surface area contributed by atoms with Crippen LogP contribution < -0.4 is 9.46 Å². The van der Waals surface area contributed by atoms with E-state index in [-0.39, 0.29) is 17.4 Å². The van der Waals surface area contributed by atoms with E-state index in [9.17, 15) is 13.2 Å². The summed E-state index contributed by atoms with van der Waals surface area (Å²) in [5, 5.41) is 0.507. The second-order valence-electron chi connectivity index (χ2n) is 7.38. The molecular formula is C24H25ClN2O4S. The van der Waals surface area contributed by atoms with Crippen molar-refractivity contribution in [3.8, 4) is 5.75 Å². The van der Waals surface area contributed by atoms with Gasteiger partial charge in [-0.3, -0.25) is 9.52 Å². The zero-order valence-electron chi connectivity index (χ0n) is 18.1. The van der Waals surface area contributed by atoms with Crippen LogP contribution in [0.15, 0.2) is 71.6 Å². The van der Waals surface area contributed by atoms with E-state index in [1.807, 2.05) is 32.0 Å². The molecule has 0 saturated carbocycles. The number of carbonyl (C=O) groups is 1. The number of nitrogens with zero attached hydrogens (tertiary/aromatic N) is 1. The van der Waals surface area contributed by atoms with Crippen LogP contribution in [0.5, 0.6) is 5.75 Å². The van der Waals surface area contributed by atoms with E-state index in [2.05, 4.69) is 4.72 Å². The summed E-state index contributed by atoms with van der Waals surface area (Å²) in [6, 6.07) is 18.4. The molecule has 0 heterocycles. The molecule has 0 aliphatic heterocycles. The first kappa shape index (κ1) is 23.6. The summed E-state index contributed by atoms with van der Waals surface area (Å²) in [5.74, 6) is 0.320. The van der Waals surface area contributed by atoms with Gasteiger partial charge >= 0.3 is 0 Å². The molecule has 3 aromatic rings. The van der Waals surface area contributed by atoms with Crippen LogP contribution in [0.1, 0.15) is 21.5 Å². The first-order valence-corrected chi connectivity index (χ1v) is 11.9. The minimum absolute atomic E-state index is 0.0830. The smallest absolute Gasteiger partial charge is 0.261 e. The summed E-state index contributed by atoms with van der Waals surface area (Å²) in [4.78, 5) is 14.3. The first-order valence-electron chi connectivity index (χ1n) is 10.0. The summed E-state index contributed by atoms with van der Waals surface area (Å²) >= 11 is 6.06. The molecule has 3 rings (SSSR count). The molecule has 8 heteroatoms. The third-order valence-electron chi connectivity index (χ3n) is 5.13. The van der Waals surface area contributed by atoms with Gasteiger partial charge in [-0.25, -0.2) is 8.42 Å². The second-order valence-corrected chi connectivity index (χ2v) is 9.47. The van der Waals surface area contributed by atoms with E-state index in [0.717, 1.165) is 11.1 Å². The minimum Gasteiger partial charge on any atom is -0.490 e. The lowest BCUT2D eigenvalue weighted by atomic mass is 10.1. The Morgan fingerprint density at radius 2 is 1.69 bits per heavy atom. The molecule has 0 saturated heterocycles. The Kier molecular flexibility index (Phi) is 7.43. The van der Waals surface area contributed by atoms with Crippen LogP contribution in [-0.2, 0) is 10.0 Å². The van der Waals surface area contributed by atoms with Gasteiger partial charge in [0.05, 0.1) is 22.2 Å².